The van der Waals surface area contributed by atoms with Gasteiger partial charge in [-0.15, -0.1) is 0 Å². The number of nitrogens with one attached hydrogen (secondary N) is 1. The Morgan fingerprint density at radius 2 is 2.24 bits per heavy atom. The summed E-state index contributed by atoms with van der Waals surface area (Å²) >= 11 is 6.27. The van der Waals surface area contributed by atoms with Gasteiger partial charge in [0, 0.05) is 32.2 Å². The van der Waals surface area contributed by atoms with Gasteiger partial charge in [-0.05, 0) is 44.5 Å². The smallest absolute Gasteiger partial charge is 0.129 e. The first kappa shape index (κ1) is 15.1. The van der Waals surface area contributed by atoms with Gasteiger partial charge in [0.1, 0.15) is 5.82 Å². The lowest BCUT2D eigenvalue weighted by Crippen LogP contribution is -2.50. The van der Waals surface area contributed by atoms with E-state index in [-0.39, 0.29) is 0 Å². The van der Waals surface area contributed by atoms with Gasteiger partial charge >= 0.3 is 0 Å². The molecule has 3 heterocycles. The van der Waals surface area contributed by atoms with Crippen molar-refractivity contribution in [2.45, 2.75) is 38.8 Å². The average molecular weight is 309 g/mol. The molecule has 0 spiro atoms. The van der Waals surface area contributed by atoms with Crippen molar-refractivity contribution in [1.29, 1.82) is 0 Å². The molecule has 3 rings (SSSR count). The van der Waals surface area contributed by atoms with Crippen LogP contribution in [0.25, 0.3) is 0 Å². The SMILES string of the molecule is CCCNCc1nc(N2CCN3CCCC3C2)ccc1Cl. The minimum Gasteiger partial charge on any atom is -0.354 e. The van der Waals surface area contributed by atoms with Crippen LogP contribution >= 0.6 is 11.6 Å². The van der Waals surface area contributed by atoms with Crippen LogP contribution in [0.4, 0.5) is 5.82 Å². The summed E-state index contributed by atoms with van der Waals surface area (Å²) in [5, 5.41) is 4.15. The first-order chi connectivity index (χ1) is 10.3. The molecule has 1 unspecified atom stereocenters. The van der Waals surface area contributed by atoms with Crippen molar-refractivity contribution in [3.05, 3.63) is 22.8 Å². The molecule has 0 saturated carbocycles. The van der Waals surface area contributed by atoms with Gasteiger partial charge in [-0.25, -0.2) is 4.98 Å². The molecule has 2 fully saturated rings. The summed E-state index contributed by atoms with van der Waals surface area (Å²) in [5.41, 5.74) is 0.969. The fourth-order valence-electron chi connectivity index (χ4n) is 3.36. The molecule has 5 heteroatoms. The van der Waals surface area contributed by atoms with E-state index < -0.39 is 0 Å². The zero-order chi connectivity index (χ0) is 14.7. The number of piperazine rings is 1. The predicted octanol–water partition coefficient (Wildman–Crippen LogP) is 2.52. The second-order valence-electron chi connectivity index (χ2n) is 6.05. The molecule has 0 amide bonds. The fraction of sp³-hybridized carbons (Fsp3) is 0.688. The third-order valence-corrected chi connectivity index (χ3v) is 4.88. The average Bonchev–Trinajstić information content (AvgIpc) is 2.97. The molecule has 4 nitrogen and oxygen atoms in total. The maximum Gasteiger partial charge on any atom is 0.129 e. The number of fused-ring (bicyclic) bond motifs is 1. The van der Waals surface area contributed by atoms with E-state index in [9.17, 15) is 0 Å². The van der Waals surface area contributed by atoms with Crippen LogP contribution in [0, 0.1) is 0 Å². The Bertz CT molecular complexity index is 479. The number of pyridine rings is 1. The Hall–Kier alpha value is -0.840. The lowest BCUT2D eigenvalue weighted by Gasteiger charge is -2.38. The van der Waals surface area contributed by atoms with Gasteiger partial charge < -0.3 is 10.2 Å². The van der Waals surface area contributed by atoms with Crippen molar-refractivity contribution in [3.63, 3.8) is 0 Å². The van der Waals surface area contributed by atoms with Gasteiger partial charge in [-0.1, -0.05) is 18.5 Å². The summed E-state index contributed by atoms with van der Waals surface area (Å²) in [5.74, 6) is 1.08. The van der Waals surface area contributed by atoms with Gasteiger partial charge in [0.05, 0.1) is 10.7 Å². The van der Waals surface area contributed by atoms with E-state index in [1.807, 2.05) is 6.07 Å². The number of hydrogen-bond donors (Lipinski definition) is 1. The van der Waals surface area contributed by atoms with Crippen molar-refractivity contribution < 1.29 is 0 Å². The van der Waals surface area contributed by atoms with Gasteiger partial charge in [-0.2, -0.15) is 0 Å². The van der Waals surface area contributed by atoms with E-state index in [4.69, 9.17) is 16.6 Å². The molecule has 21 heavy (non-hydrogen) atoms. The molecular weight excluding hydrogens is 284 g/mol. The van der Waals surface area contributed by atoms with Crippen LogP contribution in [-0.4, -0.2) is 48.6 Å². The third-order valence-electron chi connectivity index (χ3n) is 4.53. The Morgan fingerprint density at radius 1 is 1.33 bits per heavy atom. The van der Waals surface area contributed by atoms with Crippen molar-refractivity contribution in [2.75, 3.05) is 37.6 Å². The summed E-state index contributed by atoms with van der Waals surface area (Å²) in [6.07, 6.45) is 3.80. The maximum absolute atomic E-state index is 6.27. The van der Waals surface area contributed by atoms with Gasteiger partial charge in [0.25, 0.3) is 0 Å². The molecule has 116 valence electrons. The normalized spacial score (nSPS) is 22.6. The number of hydrogen-bond acceptors (Lipinski definition) is 4. The highest BCUT2D eigenvalue weighted by molar-refractivity contribution is 6.31. The molecule has 1 aromatic heterocycles. The zero-order valence-electron chi connectivity index (χ0n) is 12.8. The Balaban J connectivity index is 1.68. The Kier molecular flexibility index (Phi) is 4.99. The van der Waals surface area contributed by atoms with Crippen LogP contribution in [0.5, 0.6) is 0 Å². The van der Waals surface area contributed by atoms with Gasteiger partial charge in [-0.3, -0.25) is 4.90 Å². The zero-order valence-corrected chi connectivity index (χ0v) is 13.6. The number of halogens is 1. The largest absolute Gasteiger partial charge is 0.354 e. The fourth-order valence-corrected chi connectivity index (χ4v) is 3.53. The first-order valence-corrected chi connectivity index (χ1v) is 8.51. The van der Waals surface area contributed by atoms with Crippen molar-refractivity contribution >= 4 is 17.4 Å². The third kappa shape index (κ3) is 3.50. The maximum atomic E-state index is 6.27. The number of anilines is 1. The molecule has 1 N–H and O–H groups in total. The van der Waals surface area contributed by atoms with Crippen molar-refractivity contribution in [2.24, 2.45) is 0 Å². The summed E-state index contributed by atoms with van der Waals surface area (Å²) in [7, 11) is 0. The molecule has 1 atom stereocenters. The summed E-state index contributed by atoms with van der Waals surface area (Å²) in [6.45, 7) is 8.55. The van der Waals surface area contributed by atoms with E-state index in [1.54, 1.807) is 0 Å². The monoisotopic (exact) mass is 308 g/mol. The van der Waals surface area contributed by atoms with E-state index in [2.05, 4.69) is 28.1 Å². The Labute approximate surface area is 132 Å². The lowest BCUT2D eigenvalue weighted by atomic mass is 10.1. The molecular formula is C16H25ClN4. The van der Waals surface area contributed by atoms with Crippen molar-refractivity contribution in [1.82, 2.24) is 15.2 Å². The van der Waals surface area contributed by atoms with E-state index >= 15 is 0 Å². The molecule has 2 aliphatic heterocycles. The minimum atomic E-state index is 0.720. The molecule has 2 aliphatic rings. The lowest BCUT2D eigenvalue weighted by molar-refractivity contribution is 0.230. The topological polar surface area (TPSA) is 31.4 Å². The standard InChI is InChI=1S/C16H25ClN4/c1-2-7-18-11-15-14(17)5-6-16(19-15)21-10-9-20-8-3-4-13(20)12-21/h5-6,13,18H,2-4,7-12H2,1H3. The highest BCUT2D eigenvalue weighted by Gasteiger charge is 2.31. The second kappa shape index (κ2) is 6.95. The van der Waals surface area contributed by atoms with Crippen LogP contribution in [0.1, 0.15) is 31.9 Å². The van der Waals surface area contributed by atoms with E-state index in [0.717, 1.165) is 55.2 Å². The summed E-state index contributed by atoms with van der Waals surface area (Å²) in [4.78, 5) is 9.84. The van der Waals surface area contributed by atoms with Gasteiger partial charge in [0.15, 0.2) is 0 Å². The number of aromatic nitrogens is 1. The molecule has 0 radical (unpaired) electrons. The highest BCUT2D eigenvalue weighted by Crippen LogP contribution is 2.26. The Morgan fingerprint density at radius 3 is 3.10 bits per heavy atom. The van der Waals surface area contributed by atoms with E-state index in [0.29, 0.717) is 0 Å². The summed E-state index contributed by atoms with van der Waals surface area (Å²) < 4.78 is 0. The second-order valence-corrected chi connectivity index (χ2v) is 6.46. The van der Waals surface area contributed by atoms with Crippen LogP contribution < -0.4 is 10.2 Å². The molecule has 2 saturated heterocycles. The van der Waals surface area contributed by atoms with Crippen LogP contribution in [0.3, 0.4) is 0 Å². The van der Waals surface area contributed by atoms with E-state index in [1.165, 1.54) is 25.9 Å². The molecule has 0 bridgehead atoms. The van der Waals surface area contributed by atoms with Crippen LogP contribution in [-0.2, 0) is 6.54 Å². The quantitative estimate of drug-likeness (QED) is 0.847. The summed E-state index contributed by atoms with van der Waals surface area (Å²) in [6, 6.07) is 4.78. The number of nitrogens with zero attached hydrogens (tertiary/aromatic N) is 3. The molecule has 1 aromatic rings. The van der Waals surface area contributed by atoms with Crippen LogP contribution in [0.2, 0.25) is 5.02 Å². The van der Waals surface area contributed by atoms with Crippen LogP contribution in [0.15, 0.2) is 12.1 Å². The first-order valence-electron chi connectivity index (χ1n) is 8.13. The van der Waals surface area contributed by atoms with Gasteiger partial charge in [0.2, 0.25) is 0 Å². The molecule has 0 aromatic carbocycles. The molecule has 0 aliphatic carbocycles. The van der Waals surface area contributed by atoms with Crippen molar-refractivity contribution in [3.8, 4) is 0 Å². The number of rotatable bonds is 5. The highest BCUT2D eigenvalue weighted by atomic mass is 35.5. The predicted molar refractivity (Wildman–Crippen MR) is 88.1 cm³/mol. The minimum absolute atomic E-state index is 0.720.